The van der Waals surface area contributed by atoms with Gasteiger partial charge in [-0.3, -0.25) is 4.79 Å². The number of carbonyl (C=O) groups is 2. The molecule has 0 aromatic rings. The lowest BCUT2D eigenvalue weighted by atomic mass is 9.77. The second-order valence-corrected chi connectivity index (χ2v) is 10.6. The first-order valence-corrected chi connectivity index (χ1v) is 11.9. The fourth-order valence-corrected chi connectivity index (χ4v) is 4.45. The van der Waals surface area contributed by atoms with E-state index in [1.54, 1.807) is 18.7 Å². The van der Waals surface area contributed by atoms with E-state index in [4.69, 9.17) is 4.74 Å². The highest BCUT2D eigenvalue weighted by atomic mass is 16.5. The van der Waals surface area contributed by atoms with Crippen molar-refractivity contribution in [3.8, 4) is 0 Å². The third-order valence-corrected chi connectivity index (χ3v) is 6.50. The van der Waals surface area contributed by atoms with E-state index in [0.717, 1.165) is 12.1 Å². The van der Waals surface area contributed by atoms with Crippen molar-refractivity contribution in [2.24, 2.45) is 23.2 Å². The average Bonchev–Trinajstić information content (AvgIpc) is 2.68. The Morgan fingerprint density at radius 1 is 1.23 bits per heavy atom. The van der Waals surface area contributed by atoms with Gasteiger partial charge in [-0.1, -0.05) is 73.5 Å². The summed E-state index contributed by atoms with van der Waals surface area (Å²) in [5.74, 6) is 0.827. The van der Waals surface area contributed by atoms with Crippen LogP contribution in [0.3, 0.4) is 0 Å². The molecule has 5 heteroatoms. The van der Waals surface area contributed by atoms with Gasteiger partial charge in [-0.15, -0.1) is 0 Å². The van der Waals surface area contributed by atoms with Crippen molar-refractivity contribution in [2.45, 2.75) is 93.2 Å². The molecular formula is C26H46N2O3. The van der Waals surface area contributed by atoms with Gasteiger partial charge in [0.1, 0.15) is 6.04 Å². The summed E-state index contributed by atoms with van der Waals surface area (Å²) in [7, 11) is 1.83. The van der Waals surface area contributed by atoms with Crippen molar-refractivity contribution in [3.63, 3.8) is 0 Å². The Bertz CT molecular complexity index is 660. The summed E-state index contributed by atoms with van der Waals surface area (Å²) >= 11 is 0. The van der Waals surface area contributed by atoms with Gasteiger partial charge in [-0.05, 0) is 37.5 Å². The first kappa shape index (κ1) is 27.3. The molecular weight excluding hydrogens is 388 g/mol. The van der Waals surface area contributed by atoms with Crippen molar-refractivity contribution in [3.05, 3.63) is 23.9 Å². The number of nitrogens with one attached hydrogen (secondary N) is 1. The van der Waals surface area contributed by atoms with Crippen LogP contribution in [0.4, 0.5) is 0 Å². The van der Waals surface area contributed by atoms with Crippen molar-refractivity contribution in [1.82, 2.24) is 10.2 Å². The summed E-state index contributed by atoms with van der Waals surface area (Å²) in [5, 5.41) is 3.53. The Morgan fingerprint density at radius 3 is 2.29 bits per heavy atom. The number of amides is 1. The quantitative estimate of drug-likeness (QED) is 0.394. The number of hydrogen-bond acceptors (Lipinski definition) is 4. The van der Waals surface area contributed by atoms with E-state index in [0.29, 0.717) is 24.0 Å². The van der Waals surface area contributed by atoms with Crippen molar-refractivity contribution >= 4 is 11.9 Å². The zero-order valence-corrected chi connectivity index (χ0v) is 21.4. The molecule has 0 aromatic heterocycles. The summed E-state index contributed by atoms with van der Waals surface area (Å²) in [6, 6.07) is -0.595. The lowest BCUT2D eigenvalue weighted by Gasteiger charge is -2.40. The molecule has 1 aliphatic rings. The fraction of sp³-hybridized carbons (Fsp3) is 0.769. The van der Waals surface area contributed by atoms with Gasteiger partial charge in [0, 0.05) is 24.2 Å². The van der Waals surface area contributed by atoms with Gasteiger partial charge in [-0.2, -0.15) is 0 Å². The fourth-order valence-electron chi connectivity index (χ4n) is 4.45. The summed E-state index contributed by atoms with van der Waals surface area (Å²) in [6.07, 6.45) is 6.70. The number of esters is 1. The number of carbonyl (C=O) groups excluding carboxylic acids is 2. The second-order valence-electron chi connectivity index (χ2n) is 10.6. The molecule has 178 valence electrons. The van der Waals surface area contributed by atoms with Crippen LogP contribution < -0.4 is 5.32 Å². The summed E-state index contributed by atoms with van der Waals surface area (Å²) in [6.45, 7) is 20.9. The van der Waals surface area contributed by atoms with E-state index < -0.39 is 6.04 Å². The molecule has 1 saturated carbocycles. The molecule has 0 aromatic carbocycles. The average molecular weight is 435 g/mol. The molecule has 31 heavy (non-hydrogen) atoms. The van der Waals surface area contributed by atoms with E-state index in [1.165, 1.54) is 19.3 Å². The number of ether oxygens (including phenoxy) is 1. The Balaban J connectivity index is 3.10. The van der Waals surface area contributed by atoms with Crippen LogP contribution in [0.5, 0.6) is 0 Å². The molecule has 0 radical (unpaired) electrons. The highest BCUT2D eigenvalue weighted by Crippen LogP contribution is 2.34. The Labute approximate surface area is 190 Å². The minimum Gasteiger partial charge on any atom is -0.463 e. The van der Waals surface area contributed by atoms with E-state index in [2.05, 4.69) is 53.4 Å². The molecule has 0 spiro atoms. The maximum Gasteiger partial charge on any atom is 0.333 e. The van der Waals surface area contributed by atoms with Crippen molar-refractivity contribution in [2.75, 3.05) is 13.7 Å². The van der Waals surface area contributed by atoms with E-state index in [-0.39, 0.29) is 29.3 Å². The lowest BCUT2D eigenvalue weighted by molar-refractivity contribution is -0.139. The van der Waals surface area contributed by atoms with Gasteiger partial charge in [0.05, 0.1) is 12.6 Å². The van der Waals surface area contributed by atoms with E-state index >= 15 is 0 Å². The molecule has 0 heterocycles. The summed E-state index contributed by atoms with van der Waals surface area (Å²) in [4.78, 5) is 27.6. The monoisotopic (exact) mass is 434 g/mol. The van der Waals surface area contributed by atoms with Crippen LogP contribution in [-0.2, 0) is 14.3 Å². The van der Waals surface area contributed by atoms with Gasteiger partial charge in [-0.25, -0.2) is 4.79 Å². The highest BCUT2D eigenvalue weighted by molar-refractivity contribution is 5.88. The number of nitrogens with zero attached hydrogens (tertiary/aromatic N) is 1. The minimum atomic E-state index is -0.392. The molecule has 1 fully saturated rings. The van der Waals surface area contributed by atoms with Crippen LogP contribution in [0.15, 0.2) is 23.9 Å². The number of allylic oxidation sites excluding steroid dienone is 1. The molecule has 1 rings (SSSR count). The number of hydrogen-bond donors (Lipinski definition) is 1. The Kier molecular flexibility index (Phi) is 10.3. The molecule has 1 N–H and O–H groups in total. The van der Waals surface area contributed by atoms with Crippen molar-refractivity contribution < 1.29 is 14.3 Å². The standard InChI is InChI=1S/C26H46N2O3/c1-11-31-25(30)19(5)16-22(17(2)3)28(10)24(29)23(26(7,8)9)27-20(6)21-15-13-12-14-18(21)4/h16-18,21-23,27H,6,11-15H2,1-5,7-10H3/b19-16+/t18?,21?,22-,23-/m1/s1. The van der Waals surface area contributed by atoms with E-state index in [1.807, 2.05) is 13.1 Å². The lowest BCUT2D eigenvalue weighted by Crippen LogP contribution is -2.55. The van der Waals surface area contributed by atoms with Crippen LogP contribution in [0.1, 0.15) is 81.1 Å². The third-order valence-electron chi connectivity index (χ3n) is 6.50. The molecule has 1 aliphatic carbocycles. The molecule has 0 aliphatic heterocycles. The number of likely N-dealkylation sites (N-methyl/N-ethyl adjacent to an activating group) is 1. The molecule has 1 amide bonds. The largest absolute Gasteiger partial charge is 0.463 e. The smallest absolute Gasteiger partial charge is 0.333 e. The zero-order chi connectivity index (χ0) is 23.9. The summed E-state index contributed by atoms with van der Waals surface area (Å²) < 4.78 is 5.12. The molecule has 2 unspecified atom stereocenters. The zero-order valence-electron chi connectivity index (χ0n) is 21.4. The third kappa shape index (κ3) is 7.69. The molecule has 0 bridgehead atoms. The van der Waals surface area contributed by atoms with Gasteiger partial charge in [0.25, 0.3) is 0 Å². The predicted molar refractivity (Wildman–Crippen MR) is 128 cm³/mol. The molecule has 5 nitrogen and oxygen atoms in total. The first-order valence-electron chi connectivity index (χ1n) is 11.9. The SMILES string of the molecule is C=C(N[C@H](C(=O)N(C)[C@H](/C=C(\C)C(=O)OCC)C(C)C)C(C)(C)C)C1CCCCC1C. The van der Waals surface area contributed by atoms with Gasteiger partial charge in [0.15, 0.2) is 0 Å². The topological polar surface area (TPSA) is 58.6 Å². The van der Waals surface area contributed by atoms with Gasteiger partial charge >= 0.3 is 5.97 Å². The predicted octanol–water partition coefficient (Wildman–Crippen LogP) is 5.32. The maximum absolute atomic E-state index is 13.7. The Hall–Kier alpha value is -1.78. The van der Waals surface area contributed by atoms with Crippen LogP contribution >= 0.6 is 0 Å². The van der Waals surface area contributed by atoms with Gasteiger partial charge < -0.3 is 15.0 Å². The van der Waals surface area contributed by atoms with E-state index in [9.17, 15) is 9.59 Å². The maximum atomic E-state index is 13.7. The normalized spacial score (nSPS) is 21.9. The molecule has 4 atom stereocenters. The Morgan fingerprint density at radius 2 is 1.81 bits per heavy atom. The first-order chi connectivity index (χ1) is 14.3. The molecule has 0 saturated heterocycles. The second kappa shape index (κ2) is 11.7. The van der Waals surface area contributed by atoms with Crippen LogP contribution in [-0.4, -0.2) is 42.5 Å². The number of rotatable bonds is 9. The highest BCUT2D eigenvalue weighted by Gasteiger charge is 2.37. The minimum absolute atomic E-state index is 0.0173. The van der Waals surface area contributed by atoms with Gasteiger partial charge in [0.2, 0.25) is 5.91 Å². The van der Waals surface area contributed by atoms with Crippen LogP contribution in [0.2, 0.25) is 0 Å². The summed E-state index contributed by atoms with van der Waals surface area (Å²) in [5.41, 5.74) is 1.22. The van der Waals surface area contributed by atoms with Crippen molar-refractivity contribution in [1.29, 1.82) is 0 Å². The van der Waals surface area contributed by atoms with Crippen LogP contribution in [0, 0.1) is 23.2 Å². The van der Waals surface area contributed by atoms with Crippen LogP contribution in [0.25, 0.3) is 0 Å².